The van der Waals surface area contributed by atoms with E-state index in [0.717, 1.165) is 12.8 Å². The van der Waals surface area contributed by atoms with Crippen molar-refractivity contribution in [2.75, 3.05) is 52.5 Å². The summed E-state index contributed by atoms with van der Waals surface area (Å²) in [4.78, 5) is 50.4. The largest absolute Gasteiger partial charge is 0.450 e. The Balaban J connectivity index is 1.53. The van der Waals surface area contributed by atoms with Crippen LogP contribution >= 0.6 is 0 Å². The Morgan fingerprint density at radius 1 is 1.20 bits per heavy atom. The lowest BCUT2D eigenvalue weighted by molar-refractivity contribution is -0.133. The van der Waals surface area contributed by atoms with Crippen molar-refractivity contribution in [1.29, 1.82) is 0 Å². The Labute approximate surface area is 176 Å². The lowest BCUT2D eigenvalue weighted by Crippen LogP contribution is -2.51. The number of rotatable bonds is 7. The van der Waals surface area contributed by atoms with Gasteiger partial charge in [-0.25, -0.2) is 9.78 Å². The summed E-state index contributed by atoms with van der Waals surface area (Å²) in [6.45, 7) is 5.32. The molecule has 0 aliphatic carbocycles. The van der Waals surface area contributed by atoms with Gasteiger partial charge in [-0.05, 0) is 19.8 Å². The predicted octanol–water partition coefficient (Wildman–Crippen LogP) is 0.789. The molecule has 10 nitrogen and oxygen atoms in total. The van der Waals surface area contributed by atoms with Crippen molar-refractivity contribution in [2.45, 2.75) is 32.3 Å². The second-order valence-corrected chi connectivity index (χ2v) is 7.29. The van der Waals surface area contributed by atoms with Crippen LogP contribution in [0, 0.1) is 0 Å². The third-order valence-electron chi connectivity index (χ3n) is 5.27. The minimum atomic E-state index is -0.345. The predicted molar refractivity (Wildman–Crippen MR) is 107 cm³/mol. The molecule has 2 fully saturated rings. The van der Waals surface area contributed by atoms with Crippen molar-refractivity contribution in [3.8, 4) is 0 Å². The number of carbonyl (C=O) groups excluding carboxylic acids is 3. The van der Waals surface area contributed by atoms with E-state index in [0.29, 0.717) is 45.9 Å². The summed E-state index contributed by atoms with van der Waals surface area (Å²) >= 11 is 0. The quantitative estimate of drug-likeness (QED) is 0.643. The second kappa shape index (κ2) is 10.9. The highest BCUT2D eigenvalue weighted by Gasteiger charge is 2.27. The van der Waals surface area contributed by atoms with Crippen molar-refractivity contribution in [2.24, 2.45) is 0 Å². The number of piperazine rings is 1. The molecule has 0 N–H and O–H groups in total. The molecule has 0 spiro atoms. The summed E-state index contributed by atoms with van der Waals surface area (Å²) in [5.41, 5.74) is 0.256. The van der Waals surface area contributed by atoms with E-state index in [9.17, 15) is 14.4 Å². The van der Waals surface area contributed by atoms with Gasteiger partial charge in [0.2, 0.25) is 5.91 Å². The number of nitrogens with zero attached hydrogens (tertiary/aromatic N) is 5. The van der Waals surface area contributed by atoms with Gasteiger partial charge in [0.25, 0.3) is 5.91 Å². The Bertz CT molecular complexity index is 718. The van der Waals surface area contributed by atoms with E-state index in [1.165, 1.54) is 18.6 Å². The summed E-state index contributed by atoms with van der Waals surface area (Å²) in [7, 11) is 0. The topological polar surface area (TPSA) is 105 Å². The van der Waals surface area contributed by atoms with Crippen LogP contribution in [0.4, 0.5) is 4.79 Å². The smallest absolute Gasteiger partial charge is 0.409 e. The normalized spacial score (nSPS) is 18.9. The molecular weight excluding hydrogens is 390 g/mol. The van der Waals surface area contributed by atoms with Gasteiger partial charge in [-0.1, -0.05) is 0 Å². The van der Waals surface area contributed by atoms with Crippen LogP contribution in [0.3, 0.4) is 0 Å². The average molecular weight is 419 g/mol. The summed E-state index contributed by atoms with van der Waals surface area (Å²) in [6.07, 6.45) is 6.14. The molecule has 1 aromatic heterocycles. The minimum Gasteiger partial charge on any atom is -0.450 e. The average Bonchev–Trinajstić information content (AvgIpc) is 3.30. The van der Waals surface area contributed by atoms with E-state index in [2.05, 4.69) is 9.97 Å². The lowest BCUT2D eigenvalue weighted by Gasteiger charge is -2.34. The molecule has 1 unspecified atom stereocenters. The first-order valence-corrected chi connectivity index (χ1v) is 10.4. The first-order valence-electron chi connectivity index (χ1n) is 10.4. The highest BCUT2D eigenvalue weighted by Crippen LogP contribution is 2.15. The van der Waals surface area contributed by atoms with Gasteiger partial charge in [-0.2, -0.15) is 0 Å². The Morgan fingerprint density at radius 3 is 2.60 bits per heavy atom. The number of ether oxygens (including phenoxy) is 2. The number of carbonyl (C=O) groups is 3. The van der Waals surface area contributed by atoms with E-state index in [1.54, 1.807) is 21.6 Å². The summed E-state index contributed by atoms with van der Waals surface area (Å²) in [5, 5.41) is 0. The molecule has 30 heavy (non-hydrogen) atoms. The van der Waals surface area contributed by atoms with Crippen LogP contribution < -0.4 is 0 Å². The molecule has 0 radical (unpaired) electrons. The number of hydrogen-bond acceptors (Lipinski definition) is 7. The first-order chi connectivity index (χ1) is 14.6. The molecule has 0 saturated carbocycles. The van der Waals surface area contributed by atoms with Crippen molar-refractivity contribution >= 4 is 17.9 Å². The molecular formula is C20H29N5O5. The SMILES string of the molecule is CCOC(=O)N1CCN(C(=O)CCN(CC2CCCO2)C(=O)c2cnccn2)CC1. The zero-order valence-corrected chi connectivity index (χ0v) is 17.4. The third kappa shape index (κ3) is 5.88. The maximum atomic E-state index is 12.9. The zero-order valence-electron chi connectivity index (χ0n) is 17.4. The summed E-state index contributed by atoms with van der Waals surface area (Å²) < 4.78 is 10.7. The maximum absolute atomic E-state index is 12.9. The van der Waals surface area contributed by atoms with E-state index < -0.39 is 0 Å². The second-order valence-electron chi connectivity index (χ2n) is 7.29. The molecule has 0 bridgehead atoms. The van der Waals surface area contributed by atoms with E-state index in [4.69, 9.17) is 9.47 Å². The van der Waals surface area contributed by atoms with E-state index >= 15 is 0 Å². The van der Waals surface area contributed by atoms with Gasteiger partial charge in [-0.3, -0.25) is 14.6 Å². The molecule has 164 valence electrons. The molecule has 3 heterocycles. The molecule has 10 heteroatoms. The highest BCUT2D eigenvalue weighted by atomic mass is 16.6. The van der Waals surface area contributed by atoms with Gasteiger partial charge in [0.1, 0.15) is 5.69 Å². The lowest BCUT2D eigenvalue weighted by atomic mass is 10.2. The molecule has 0 aromatic carbocycles. The van der Waals surface area contributed by atoms with Crippen molar-refractivity contribution in [3.63, 3.8) is 0 Å². The van der Waals surface area contributed by atoms with Crippen LogP contribution in [0.5, 0.6) is 0 Å². The first kappa shape index (κ1) is 21.9. The molecule has 2 saturated heterocycles. The molecule has 3 rings (SSSR count). The molecule has 1 atom stereocenters. The summed E-state index contributed by atoms with van der Waals surface area (Å²) in [5.74, 6) is -0.290. The Morgan fingerprint density at radius 2 is 1.97 bits per heavy atom. The number of hydrogen-bond donors (Lipinski definition) is 0. The zero-order chi connectivity index (χ0) is 21.3. The molecule has 2 aliphatic rings. The van der Waals surface area contributed by atoms with Gasteiger partial charge in [0, 0.05) is 64.7 Å². The third-order valence-corrected chi connectivity index (χ3v) is 5.27. The highest BCUT2D eigenvalue weighted by molar-refractivity contribution is 5.92. The van der Waals surface area contributed by atoms with Crippen molar-refractivity contribution in [3.05, 3.63) is 24.3 Å². The number of aromatic nitrogens is 2. The molecule has 2 aliphatic heterocycles. The fourth-order valence-corrected chi connectivity index (χ4v) is 3.62. The van der Waals surface area contributed by atoms with Crippen LogP contribution in [0.2, 0.25) is 0 Å². The van der Waals surface area contributed by atoms with Crippen LogP contribution in [0.25, 0.3) is 0 Å². The fraction of sp³-hybridized carbons (Fsp3) is 0.650. The molecule has 3 amide bonds. The molecule has 1 aromatic rings. The van der Waals surface area contributed by atoms with Gasteiger partial charge in [0.15, 0.2) is 0 Å². The number of amides is 3. The van der Waals surface area contributed by atoms with Crippen LogP contribution in [-0.4, -0.2) is 101 Å². The Hall–Kier alpha value is -2.75. The van der Waals surface area contributed by atoms with Crippen molar-refractivity contribution < 1.29 is 23.9 Å². The van der Waals surface area contributed by atoms with Gasteiger partial charge in [-0.15, -0.1) is 0 Å². The van der Waals surface area contributed by atoms with Gasteiger partial charge < -0.3 is 24.2 Å². The van der Waals surface area contributed by atoms with Gasteiger partial charge in [0.05, 0.1) is 18.9 Å². The van der Waals surface area contributed by atoms with Gasteiger partial charge >= 0.3 is 6.09 Å². The monoisotopic (exact) mass is 419 g/mol. The summed E-state index contributed by atoms with van der Waals surface area (Å²) in [6, 6.07) is 0. The van der Waals surface area contributed by atoms with Crippen LogP contribution in [0.1, 0.15) is 36.7 Å². The Kier molecular flexibility index (Phi) is 7.95. The van der Waals surface area contributed by atoms with E-state index in [1.807, 2.05) is 0 Å². The maximum Gasteiger partial charge on any atom is 0.409 e. The van der Waals surface area contributed by atoms with Crippen LogP contribution in [0.15, 0.2) is 18.6 Å². The standard InChI is InChI=1S/C20H29N5O5/c1-2-29-20(28)24-11-9-23(10-12-24)18(26)5-8-25(15-16-4-3-13-30-16)19(27)17-14-21-6-7-22-17/h6-7,14,16H,2-5,8-13,15H2,1H3. The minimum absolute atomic E-state index is 0.0196. The van der Waals surface area contributed by atoms with Crippen molar-refractivity contribution in [1.82, 2.24) is 24.7 Å². The van der Waals surface area contributed by atoms with Crippen LogP contribution in [-0.2, 0) is 14.3 Å². The fourth-order valence-electron chi connectivity index (χ4n) is 3.62. The van der Waals surface area contributed by atoms with E-state index in [-0.39, 0.29) is 42.7 Å².